The molecule has 0 atom stereocenters. The lowest BCUT2D eigenvalue weighted by atomic mass is 9.81. The van der Waals surface area contributed by atoms with Crippen molar-refractivity contribution in [3.63, 3.8) is 0 Å². The summed E-state index contributed by atoms with van der Waals surface area (Å²) in [5.74, 6) is 2.64. The number of nitrogen functional groups attached to an aromatic ring is 1. The van der Waals surface area contributed by atoms with Gasteiger partial charge in [-0.05, 0) is 37.7 Å². The van der Waals surface area contributed by atoms with Gasteiger partial charge in [-0.3, -0.25) is 4.57 Å². The second-order valence-corrected chi connectivity index (χ2v) is 14.0. The van der Waals surface area contributed by atoms with Crippen LogP contribution in [0.15, 0.2) is 47.1 Å². The van der Waals surface area contributed by atoms with Crippen molar-refractivity contribution in [3.8, 4) is 11.5 Å². The van der Waals surface area contributed by atoms with Gasteiger partial charge in [0, 0.05) is 34.9 Å². The number of allylic oxidation sites excluding steroid dienone is 1. The molecule has 8 heteroatoms. The molecule has 2 aromatic carbocycles. The number of hydrogen-bond donors (Lipinski definition) is 1. The summed E-state index contributed by atoms with van der Waals surface area (Å²) in [5, 5.41) is 0. The maximum atomic E-state index is 14.7. The summed E-state index contributed by atoms with van der Waals surface area (Å²) < 4.78 is 14.2. The first kappa shape index (κ1) is 27.9. The van der Waals surface area contributed by atoms with E-state index < -0.39 is 13.6 Å². The van der Waals surface area contributed by atoms with Crippen molar-refractivity contribution in [1.82, 2.24) is 9.55 Å². The highest BCUT2D eigenvalue weighted by atomic mass is 31.2. The highest BCUT2D eigenvalue weighted by molar-refractivity contribution is 7.63. The molecule has 2 heterocycles. The minimum Gasteiger partial charge on any atom is -0.613 e. The van der Waals surface area contributed by atoms with Crippen LogP contribution in [0.25, 0.3) is 5.70 Å². The largest absolute Gasteiger partial charge is 0.613 e. The number of nitrogens with zero attached hydrogens (tertiary/aromatic N) is 2. The fourth-order valence-electron chi connectivity index (χ4n) is 4.80. The van der Waals surface area contributed by atoms with E-state index in [2.05, 4.69) is 84.6 Å². The number of nitrogens with two attached hydrogens (primary N) is 1. The summed E-state index contributed by atoms with van der Waals surface area (Å²) in [5.41, 5.74) is 10.9. The molecular weight excluding hydrogens is 497 g/mol. The van der Waals surface area contributed by atoms with Crippen LogP contribution in [0.4, 0.5) is 5.82 Å². The average molecular weight is 536 g/mol. The topological polar surface area (TPSA) is 102 Å². The van der Waals surface area contributed by atoms with Crippen molar-refractivity contribution in [2.24, 2.45) is 0 Å². The van der Waals surface area contributed by atoms with Crippen LogP contribution in [0.2, 0.25) is 0 Å². The summed E-state index contributed by atoms with van der Waals surface area (Å²) in [6.07, 6.45) is 2.08. The third kappa shape index (κ3) is 5.64. The SMILES string of the molecule is C/C(=C\[P+]1([O-])Oc2c(cc(C)cc2C(C)(C)C)Cc2cc(C)cc(C(C)(C)C)c2O1)n1ccc(N)nc1=O. The van der Waals surface area contributed by atoms with Crippen molar-refractivity contribution in [1.29, 1.82) is 0 Å². The summed E-state index contributed by atoms with van der Waals surface area (Å²) >= 11 is 0. The van der Waals surface area contributed by atoms with Gasteiger partial charge in [0.25, 0.3) is 0 Å². The summed E-state index contributed by atoms with van der Waals surface area (Å²) in [7, 11) is -4.01. The first-order chi connectivity index (χ1) is 17.5. The average Bonchev–Trinajstić information content (AvgIpc) is 2.74. The molecule has 0 spiro atoms. The van der Waals surface area contributed by atoms with Crippen molar-refractivity contribution in [2.45, 2.75) is 79.6 Å². The highest BCUT2D eigenvalue weighted by Crippen LogP contribution is 2.60. The minimum atomic E-state index is -4.01. The number of hydrogen-bond acceptors (Lipinski definition) is 6. The van der Waals surface area contributed by atoms with Crippen molar-refractivity contribution < 1.29 is 13.9 Å². The van der Waals surface area contributed by atoms with Gasteiger partial charge in [0.2, 0.25) is 0 Å². The van der Waals surface area contributed by atoms with Gasteiger partial charge in [0.1, 0.15) is 5.82 Å². The number of fused-ring (bicyclic) bond motifs is 2. The zero-order chi connectivity index (χ0) is 28.2. The van der Waals surface area contributed by atoms with Crippen molar-refractivity contribution in [3.05, 3.63) is 86.2 Å². The van der Waals surface area contributed by atoms with Crippen LogP contribution in [-0.2, 0) is 17.3 Å². The minimum absolute atomic E-state index is 0.113. The van der Waals surface area contributed by atoms with E-state index in [1.807, 2.05) is 0 Å². The Morgan fingerprint density at radius 2 is 1.45 bits per heavy atom. The number of rotatable bonds is 2. The normalized spacial score (nSPS) is 15.5. The quantitative estimate of drug-likeness (QED) is 0.402. The molecule has 0 amide bonds. The number of benzene rings is 2. The zero-order valence-corrected chi connectivity index (χ0v) is 24.7. The van der Waals surface area contributed by atoms with E-state index in [1.165, 1.54) is 22.6 Å². The molecule has 2 N–H and O–H groups in total. The van der Waals surface area contributed by atoms with E-state index in [0.717, 1.165) is 33.4 Å². The monoisotopic (exact) mass is 535 g/mol. The van der Waals surface area contributed by atoms with E-state index in [4.69, 9.17) is 14.8 Å². The van der Waals surface area contributed by atoms with Crippen molar-refractivity contribution >= 4 is 19.5 Å². The maximum absolute atomic E-state index is 14.7. The van der Waals surface area contributed by atoms with Crippen LogP contribution in [0.5, 0.6) is 11.5 Å². The molecular formula is C30H38N3O4P. The molecule has 0 saturated heterocycles. The summed E-state index contributed by atoms with van der Waals surface area (Å²) in [6, 6.07) is 9.85. The van der Waals surface area contributed by atoms with Crippen LogP contribution in [0, 0.1) is 13.8 Å². The molecule has 1 aromatic heterocycles. The molecule has 3 aromatic rings. The van der Waals surface area contributed by atoms with Gasteiger partial charge < -0.3 is 19.7 Å². The Balaban J connectivity index is 2.03. The van der Waals surface area contributed by atoms with Gasteiger partial charge in [-0.25, -0.2) is 4.79 Å². The van der Waals surface area contributed by atoms with Crippen molar-refractivity contribution in [2.75, 3.05) is 5.73 Å². The molecule has 4 rings (SSSR count). The number of aromatic nitrogens is 2. The predicted molar refractivity (Wildman–Crippen MR) is 154 cm³/mol. The Bertz CT molecular complexity index is 1420. The number of aryl methyl sites for hydroxylation is 2. The van der Waals surface area contributed by atoms with Crippen LogP contribution >= 0.6 is 7.94 Å². The summed E-state index contributed by atoms with van der Waals surface area (Å²) in [6.45, 7) is 18.4. The molecule has 7 nitrogen and oxygen atoms in total. The molecule has 202 valence electrons. The molecule has 0 saturated carbocycles. The second-order valence-electron chi connectivity index (χ2n) is 12.3. The fourth-order valence-corrected chi connectivity index (χ4v) is 6.46. The van der Waals surface area contributed by atoms with Gasteiger partial charge in [-0.15, -0.1) is 0 Å². The highest BCUT2D eigenvalue weighted by Gasteiger charge is 2.40. The molecule has 0 radical (unpaired) electrons. The molecule has 0 fully saturated rings. The van der Waals surface area contributed by atoms with E-state index in [0.29, 0.717) is 23.6 Å². The Kier molecular flexibility index (Phi) is 7.00. The van der Waals surface area contributed by atoms with Crippen LogP contribution in [0.1, 0.15) is 81.8 Å². The first-order valence-electron chi connectivity index (χ1n) is 12.8. The van der Waals surface area contributed by atoms with Gasteiger partial charge in [0.15, 0.2) is 17.3 Å². The Labute approximate surface area is 225 Å². The van der Waals surface area contributed by atoms with Gasteiger partial charge in [0.05, 0.1) is 5.70 Å². The van der Waals surface area contributed by atoms with E-state index in [1.54, 1.807) is 6.92 Å². The Morgan fingerprint density at radius 1 is 0.974 bits per heavy atom. The van der Waals surface area contributed by atoms with Crippen LogP contribution in [0.3, 0.4) is 0 Å². The fraction of sp³-hybridized carbons (Fsp3) is 0.400. The van der Waals surface area contributed by atoms with E-state index >= 15 is 0 Å². The molecule has 0 aliphatic carbocycles. The predicted octanol–water partition coefficient (Wildman–Crippen LogP) is 6.04. The smallest absolute Gasteiger partial charge is 0.360 e. The lowest BCUT2D eigenvalue weighted by molar-refractivity contribution is -0.198. The third-order valence-electron chi connectivity index (χ3n) is 6.60. The maximum Gasteiger partial charge on any atom is 0.360 e. The van der Waals surface area contributed by atoms with Crippen LogP contribution in [-0.4, -0.2) is 9.55 Å². The Morgan fingerprint density at radius 3 is 1.87 bits per heavy atom. The van der Waals surface area contributed by atoms with E-state index in [9.17, 15) is 9.69 Å². The zero-order valence-electron chi connectivity index (χ0n) is 23.8. The lowest BCUT2D eigenvalue weighted by Crippen LogP contribution is -2.27. The molecule has 0 unspecified atom stereocenters. The Hall–Kier alpha value is -3.15. The van der Waals surface area contributed by atoms with Gasteiger partial charge in [-0.2, -0.15) is 4.98 Å². The first-order valence-corrected chi connectivity index (χ1v) is 14.4. The number of anilines is 1. The van der Waals surface area contributed by atoms with Crippen LogP contribution < -0.4 is 25.4 Å². The lowest BCUT2D eigenvalue weighted by Gasteiger charge is -2.34. The molecule has 1 aliphatic rings. The standard InChI is InChI=1S/C30H38N3O4P/c1-18-12-21-16-22-13-19(2)15-24(30(7,8)9)27(22)37-38(35,36-26(21)23(14-18)29(4,5)6)17-20(3)33-11-10-25(31)32-28(33)34/h10-15,17H,16H2,1-9H3,(H2,31,32,34)/b20-17+. The second kappa shape index (κ2) is 9.55. The molecule has 1 aliphatic heterocycles. The van der Waals surface area contributed by atoms with Gasteiger partial charge >= 0.3 is 13.6 Å². The molecule has 38 heavy (non-hydrogen) atoms. The van der Waals surface area contributed by atoms with E-state index in [-0.39, 0.29) is 16.6 Å². The molecule has 0 bridgehead atoms. The van der Waals surface area contributed by atoms with Gasteiger partial charge in [-0.1, -0.05) is 76.9 Å². The third-order valence-corrected chi connectivity index (χ3v) is 8.17. The summed E-state index contributed by atoms with van der Waals surface area (Å²) in [4.78, 5) is 31.1.